The molecule has 8 heteroatoms. The molecular formula is C19H18BrN3O3S. The number of aliphatic imine (C=N–C) groups is 1. The molecule has 1 aliphatic heterocycles. The van der Waals surface area contributed by atoms with Crippen LogP contribution in [0.15, 0.2) is 58.0 Å². The van der Waals surface area contributed by atoms with E-state index in [-0.39, 0.29) is 18.2 Å². The predicted octanol–water partition coefficient (Wildman–Crippen LogP) is 4.05. The molecular weight excluding hydrogens is 430 g/mol. The summed E-state index contributed by atoms with van der Waals surface area (Å²) in [5, 5.41) is 2.76. The second kappa shape index (κ2) is 8.58. The van der Waals surface area contributed by atoms with Gasteiger partial charge in [0.1, 0.15) is 16.7 Å². The number of para-hydroxylation sites is 2. The molecule has 3 rings (SSSR count). The highest BCUT2D eigenvalue weighted by atomic mass is 79.9. The Labute approximate surface area is 170 Å². The first-order valence-electron chi connectivity index (χ1n) is 8.19. The molecule has 0 spiro atoms. The summed E-state index contributed by atoms with van der Waals surface area (Å²) >= 11 is 4.63. The third kappa shape index (κ3) is 4.70. The van der Waals surface area contributed by atoms with E-state index in [0.717, 1.165) is 4.47 Å². The number of anilines is 1. The molecule has 2 aromatic rings. The summed E-state index contributed by atoms with van der Waals surface area (Å²) in [4.78, 5) is 31.0. The number of benzene rings is 2. The zero-order valence-corrected chi connectivity index (χ0v) is 17.2. The fourth-order valence-corrected chi connectivity index (χ4v) is 3.80. The van der Waals surface area contributed by atoms with E-state index in [1.54, 1.807) is 38.4 Å². The summed E-state index contributed by atoms with van der Waals surface area (Å²) in [6, 6.07) is 14.6. The maximum atomic E-state index is 12.6. The normalized spacial score (nSPS) is 18.5. The van der Waals surface area contributed by atoms with Crippen molar-refractivity contribution in [3.05, 3.63) is 53.0 Å². The van der Waals surface area contributed by atoms with Crippen LogP contribution < -0.4 is 10.1 Å². The van der Waals surface area contributed by atoms with E-state index < -0.39 is 5.25 Å². The maximum absolute atomic E-state index is 12.6. The van der Waals surface area contributed by atoms with Crippen LogP contribution in [0.25, 0.3) is 0 Å². The van der Waals surface area contributed by atoms with Gasteiger partial charge in [0.25, 0.3) is 0 Å². The molecule has 0 aliphatic carbocycles. The predicted molar refractivity (Wildman–Crippen MR) is 112 cm³/mol. The topological polar surface area (TPSA) is 71.0 Å². The lowest BCUT2D eigenvalue weighted by Crippen LogP contribution is -2.43. The van der Waals surface area contributed by atoms with Gasteiger partial charge in [-0.15, -0.1) is 0 Å². The zero-order chi connectivity index (χ0) is 19.4. The number of thioether (sulfide) groups is 1. The molecule has 1 saturated heterocycles. The van der Waals surface area contributed by atoms with Crippen molar-refractivity contribution >= 4 is 56.0 Å². The van der Waals surface area contributed by atoms with Gasteiger partial charge in [0, 0.05) is 23.6 Å². The fourth-order valence-electron chi connectivity index (χ4n) is 2.48. The number of halogens is 1. The van der Waals surface area contributed by atoms with Crippen molar-refractivity contribution in [3.63, 3.8) is 0 Å². The molecule has 0 aromatic heterocycles. The minimum absolute atomic E-state index is 0.120. The van der Waals surface area contributed by atoms with Gasteiger partial charge in [-0.3, -0.25) is 14.5 Å². The first kappa shape index (κ1) is 19.4. The van der Waals surface area contributed by atoms with Crippen LogP contribution in [-0.2, 0) is 9.59 Å². The Balaban J connectivity index is 1.80. The van der Waals surface area contributed by atoms with Gasteiger partial charge in [-0.2, -0.15) is 0 Å². The van der Waals surface area contributed by atoms with Crippen LogP contribution in [0.5, 0.6) is 5.75 Å². The molecule has 1 fully saturated rings. The smallest absolute Gasteiger partial charge is 0.238 e. The Morgan fingerprint density at radius 3 is 2.67 bits per heavy atom. The number of ether oxygens (including phenoxy) is 1. The van der Waals surface area contributed by atoms with Crippen molar-refractivity contribution in [1.82, 2.24) is 4.90 Å². The van der Waals surface area contributed by atoms with E-state index in [1.165, 1.54) is 16.7 Å². The minimum Gasteiger partial charge on any atom is -0.494 e. The molecule has 1 unspecified atom stereocenters. The van der Waals surface area contributed by atoms with Crippen molar-refractivity contribution < 1.29 is 14.3 Å². The fraction of sp³-hybridized carbons (Fsp3) is 0.211. The third-order valence-corrected chi connectivity index (χ3v) is 5.74. The Hall–Kier alpha value is -2.32. The molecule has 140 valence electrons. The van der Waals surface area contributed by atoms with Crippen molar-refractivity contribution in [2.75, 3.05) is 19.5 Å². The highest BCUT2D eigenvalue weighted by molar-refractivity contribution is 9.10. The summed E-state index contributed by atoms with van der Waals surface area (Å²) in [5.41, 5.74) is 1.29. The number of amidine groups is 1. The summed E-state index contributed by atoms with van der Waals surface area (Å²) in [6.45, 7) is 0. The molecule has 27 heavy (non-hydrogen) atoms. The number of rotatable bonds is 4. The summed E-state index contributed by atoms with van der Waals surface area (Å²) in [5.74, 6) is 0.225. The van der Waals surface area contributed by atoms with Crippen LogP contribution in [0, 0.1) is 0 Å². The van der Waals surface area contributed by atoms with Crippen molar-refractivity contribution in [3.8, 4) is 5.75 Å². The molecule has 1 aliphatic rings. The van der Waals surface area contributed by atoms with Gasteiger partial charge < -0.3 is 10.1 Å². The molecule has 0 bridgehead atoms. The second-order valence-corrected chi connectivity index (χ2v) is 7.91. The van der Waals surface area contributed by atoms with Crippen LogP contribution in [0.3, 0.4) is 0 Å². The lowest BCUT2D eigenvalue weighted by atomic mass is 10.2. The maximum Gasteiger partial charge on any atom is 0.238 e. The van der Waals surface area contributed by atoms with Crippen LogP contribution >= 0.6 is 27.7 Å². The zero-order valence-electron chi connectivity index (χ0n) is 14.8. The Bertz CT molecular complexity index is 886. The van der Waals surface area contributed by atoms with Gasteiger partial charge in [-0.25, -0.2) is 4.99 Å². The lowest BCUT2D eigenvalue weighted by Gasteiger charge is -2.29. The molecule has 1 N–H and O–H groups in total. The molecule has 2 amide bonds. The van der Waals surface area contributed by atoms with Crippen molar-refractivity contribution in [2.24, 2.45) is 4.99 Å². The third-order valence-electron chi connectivity index (χ3n) is 3.97. The monoisotopic (exact) mass is 447 g/mol. The Morgan fingerprint density at radius 1 is 1.26 bits per heavy atom. The lowest BCUT2D eigenvalue weighted by molar-refractivity contribution is -0.128. The number of carbonyl (C=O) groups excluding carboxylic acids is 2. The number of nitrogens with one attached hydrogen (secondary N) is 1. The number of nitrogens with zero attached hydrogens (tertiary/aromatic N) is 2. The summed E-state index contributed by atoms with van der Waals surface area (Å²) < 4.78 is 6.24. The van der Waals surface area contributed by atoms with E-state index in [2.05, 4.69) is 26.2 Å². The van der Waals surface area contributed by atoms with Crippen LogP contribution in [0.1, 0.15) is 6.42 Å². The van der Waals surface area contributed by atoms with Crippen LogP contribution in [0.4, 0.5) is 11.4 Å². The molecule has 6 nitrogen and oxygen atoms in total. The number of hydrogen-bond acceptors (Lipinski definition) is 5. The van der Waals surface area contributed by atoms with E-state index in [1.807, 2.05) is 24.3 Å². The van der Waals surface area contributed by atoms with E-state index in [4.69, 9.17) is 4.74 Å². The minimum atomic E-state index is -0.550. The van der Waals surface area contributed by atoms with Gasteiger partial charge in [0.2, 0.25) is 11.8 Å². The number of hydrogen-bond donors (Lipinski definition) is 1. The molecule has 0 radical (unpaired) electrons. The van der Waals surface area contributed by atoms with Crippen LogP contribution in [-0.4, -0.2) is 41.3 Å². The first-order chi connectivity index (χ1) is 13.0. The highest BCUT2D eigenvalue weighted by Crippen LogP contribution is 2.32. The van der Waals surface area contributed by atoms with Gasteiger partial charge in [-0.1, -0.05) is 39.8 Å². The quantitative estimate of drug-likeness (QED) is 0.767. The molecule has 1 heterocycles. The SMILES string of the molecule is COc1ccccc1N=C1SC(C(=O)Nc2ccc(Br)cc2)CC(=O)N1C. The number of amides is 2. The average Bonchev–Trinajstić information content (AvgIpc) is 2.67. The van der Waals surface area contributed by atoms with Gasteiger partial charge in [0.05, 0.1) is 7.11 Å². The Morgan fingerprint density at radius 2 is 1.96 bits per heavy atom. The molecule has 2 aromatic carbocycles. The second-order valence-electron chi connectivity index (χ2n) is 5.83. The molecule has 1 atom stereocenters. The average molecular weight is 448 g/mol. The standard InChI is InChI=1S/C19H18BrN3O3S/c1-23-17(24)11-16(18(25)21-13-9-7-12(20)8-10-13)27-19(23)22-14-5-3-4-6-15(14)26-2/h3-10,16H,11H2,1-2H3,(H,21,25). The van der Waals surface area contributed by atoms with Gasteiger partial charge in [-0.05, 0) is 36.4 Å². The Kier molecular flexibility index (Phi) is 6.18. The number of methoxy groups -OCH3 is 1. The van der Waals surface area contributed by atoms with E-state index in [0.29, 0.717) is 22.3 Å². The van der Waals surface area contributed by atoms with E-state index in [9.17, 15) is 9.59 Å². The van der Waals surface area contributed by atoms with Crippen LogP contribution in [0.2, 0.25) is 0 Å². The van der Waals surface area contributed by atoms with Crippen molar-refractivity contribution in [2.45, 2.75) is 11.7 Å². The summed E-state index contributed by atoms with van der Waals surface area (Å²) in [7, 11) is 3.22. The van der Waals surface area contributed by atoms with Crippen molar-refractivity contribution in [1.29, 1.82) is 0 Å². The van der Waals surface area contributed by atoms with Gasteiger partial charge >= 0.3 is 0 Å². The first-order valence-corrected chi connectivity index (χ1v) is 9.86. The number of carbonyl (C=O) groups is 2. The van der Waals surface area contributed by atoms with Gasteiger partial charge in [0.15, 0.2) is 5.17 Å². The van der Waals surface area contributed by atoms with E-state index >= 15 is 0 Å². The summed E-state index contributed by atoms with van der Waals surface area (Å²) in [6.07, 6.45) is 0.120. The molecule has 0 saturated carbocycles. The highest BCUT2D eigenvalue weighted by Gasteiger charge is 2.34. The largest absolute Gasteiger partial charge is 0.494 e.